The Morgan fingerprint density at radius 1 is 1.25 bits per heavy atom. The van der Waals surface area contributed by atoms with Crippen LogP contribution in [0.4, 0.5) is 11.4 Å². The van der Waals surface area contributed by atoms with Crippen LogP contribution >= 0.6 is 11.6 Å². The Hall–Kier alpha value is -2.20. The minimum atomic E-state index is 0.0798. The Morgan fingerprint density at radius 2 is 2.08 bits per heavy atom. The number of carbonyl (C=O) groups excluding carboxylic acids is 1. The number of hydrogen-bond donors (Lipinski definition) is 2. The number of nitrogen functional groups attached to an aromatic ring is 1. The summed E-state index contributed by atoms with van der Waals surface area (Å²) in [6.07, 6.45) is 2.08. The Morgan fingerprint density at radius 3 is 2.88 bits per heavy atom. The van der Waals surface area contributed by atoms with E-state index in [1.807, 2.05) is 48.5 Å². The number of aryl methyl sites for hydroxylation is 1. The highest BCUT2D eigenvalue weighted by molar-refractivity contribution is 6.30. The van der Waals surface area contributed by atoms with Crippen molar-refractivity contribution in [3.63, 3.8) is 0 Å². The van der Waals surface area contributed by atoms with E-state index in [0.29, 0.717) is 12.8 Å². The van der Waals surface area contributed by atoms with Gasteiger partial charge in [0.15, 0.2) is 0 Å². The normalized spacial score (nSPS) is 17.0. The summed E-state index contributed by atoms with van der Waals surface area (Å²) in [6, 6.07) is 15.7. The second-order valence-corrected chi connectivity index (χ2v) is 6.61. The van der Waals surface area contributed by atoms with E-state index in [1.165, 1.54) is 0 Å². The number of halogens is 1. The zero-order chi connectivity index (χ0) is 16.9. The molecule has 1 amide bonds. The molecule has 0 radical (unpaired) electrons. The molecule has 0 spiro atoms. The average molecular weight is 344 g/mol. The molecule has 1 aliphatic rings. The van der Waals surface area contributed by atoms with Crippen LogP contribution in [0, 0.1) is 0 Å². The molecule has 4 nitrogen and oxygen atoms in total. The van der Waals surface area contributed by atoms with E-state index in [0.717, 1.165) is 41.5 Å². The molecule has 0 bridgehead atoms. The molecular weight excluding hydrogens is 322 g/mol. The second kappa shape index (κ2) is 7.58. The van der Waals surface area contributed by atoms with Crippen LogP contribution in [0.5, 0.6) is 0 Å². The fourth-order valence-electron chi connectivity index (χ4n) is 3.10. The van der Waals surface area contributed by atoms with Gasteiger partial charge in [-0.3, -0.25) is 4.79 Å². The number of anilines is 2. The summed E-state index contributed by atoms with van der Waals surface area (Å²) >= 11 is 6.05. The fraction of sp³-hybridized carbons (Fsp3) is 0.316. The molecule has 24 heavy (non-hydrogen) atoms. The van der Waals surface area contributed by atoms with Crippen LogP contribution in [0.1, 0.15) is 18.4 Å². The number of nitrogens with one attached hydrogen (secondary N) is 1. The van der Waals surface area contributed by atoms with E-state index in [4.69, 9.17) is 17.3 Å². The topological polar surface area (TPSA) is 58.4 Å². The van der Waals surface area contributed by atoms with Crippen LogP contribution < -0.4 is 16.0 Å². The summed E-state index contributed by atoms with van der Waals surface area (Å²) in [5.41, 5.74) is 8.80. The number of benzene rings is 2. The van der Waals surface area contributed by atoms with Gasteiger partial charge >= 0.3 is 0 Å². The van der Waals surface area contributed by atoms with Crippen LogP contribution in [0.15, 0.2) is 48.5 Å². The van der Waals surface area contributed by atoms with Gasteiger partial charge in [-0.1, -0.05) is 35.9 Å². The van der Waals surface area contributed by atoms with Gasteiger partial charge in [0, 0.05) is 41.9 Å². The van der Waals surface area contributed by atoms with Crippen LogP contribution in [0.25, 0.3) is 0 Å². The first-order chi connectivity index (χ1) is 11.6. The van der Waals surface area contributed by atoms with E-state index < -0.39 is 0 Å². The molecule has 3 rings (SSSR count). The molecule has 0 saturated carbocycles. The molecule has 1 saturated heterocycles. The van der Waals surface area contributed by atoms with Gasteiger partial charge in [0.2, 0.25) is 5.91 Å². The highest BCUT2D eigenvalue weighted by Crippen LogP contribution is 2.23. The number of para-hydroxylation sites is 1. The van der Waals surface area contributed by atoms with Crippen LogP contribution in [-0.4, -0.2) is 25.0 Å². The largest absolute Gasteiger partial charge is 0.399 e. The molecule has 2 aromatic carbocycles. The molecule has 1 fully saturated rings. The number of rotatable bonds is 5. The number of carbonyl (C=O) groups is 1. The number of amides is 1. The molecule has 0 aliphatic carbocycles. The molecular formula is C19H22ClN3O. The lowest BCUT2D eigenvalue weighted by molar-refractivity contribution is -0.121. The summed E-state index contributed by atoms with van der Waals surface area (Å²) in [6.45, 7) is 1.75. The van der Waals surface area contributed by atoms with Gasteiger partial charge in [-0.05, 0) is 42.7 Å². The van der Waals surface area contributed by atoms with Crippen molar-refractivity contribution in [2.45, 2.75) is 25.3 Å². The lowest BCUT2D eigenvalue weighted by atomic mass is 10.1. The third-order valence-electron chi connectivity index (χ3n) is 4.40. The molecule has 0 aromatic heterocycles. The van der Waals surface area contributed by atoms with Gasteiger partial charge in [0.05, 0.1) is 0 Å². The quantitative estimate of drug-likeness (QED) is 0.819. The maximum Gasteiger partial charge on any atom is 0.220 e. The summed E-state index contributed by atoms with van der Waals surface area (Å²) in [5, 5.41) is 3.87. The molecule has 1 atom stereocenters. The molecule has 5 heteroatoms. The molecule has 126 valence electrons. The van der Waals surface area contributed by atoms with Crippen LogP contribution in [-0.2, 0) is 11.2 Å². The predicted octanol–water partition coefficient (Wildman–Crippen LogP) is 3.25. The standard InChI is InChI=1S/C19H22ClN3O/c20-15-5-3-6-17(12-15)23-11-10-16(13-23)22-19(24)9-8-14-4-1-2-7-18(14)21/h1-7,12,16H,8-11,13,21H2,(H,22,24). The van der Waals surface area contributed by atoms with Crippen molar-refractivity contribution in [3.8, 4) is 0 Å². The molecule has 1 unspecified atom stereocenters. The maximum absolute atomic E-state index is 12.2. The van der Waals surface area contributed by atoms with Crippen LogP contribution in [0.2, 0.25) is 5.02 Å². The third-order valence-corrected chi connectivity index (χ3v) is 4.64. The Kier molecular flexibility index (Phi) is 5.26. The Bertz CT molecular complexity index is 719. The predicted molar refractivity (Wildman–Crippen MR) is 99.4 cm³/mol. The van der Waals surface area contributed by atoms with Gasteiger partial charge in [-0.25, -0.2) is 0 Å². The van der Waals surface area contributed by atoms with Gasteiger partial charge in [0.25, 0.3) is 0 Å². The Balaban J connectivity index is 1.48. The third kappa shape index (κ3) is 4.20. The van der Waals surface area contributed by atoms with Gasteiger partial charge in [0.1, 0.15) is 0 Å². The van der Waals surface area contributed by atoms with Gasteiger partial charge in [-0.2, -0.15) is 0 Å². The summed E-state index contributed by atoms with van der Waals surface area (Å²) in [5.74, 6) is 0.0798. The number of nitrogens with zero attached hydrogens (tertiary/aromatic N) is 1. The van der Waals surface area contributed by atoms with Crippen molar-refractivity contribution in [1.29, 1.82) is 0 Å². The SMILES string of the molecule is Nc1ccccc1CCC(=O)NC1CCN(c2cccc(Cl)c2)C1. The van der Waals surface area contributed by atoms with Gasteiger partial charge in [-0.15, -0.1) is 0 Å². The highest BCUT2D eigenvalue weighted by Gasteiger charge is 2.24. The monoisotopic (exact) mass is 343 g/mol. The first-order valence-corrected chi connectivity index (χ1v) is 8.63. The molecule has 2 aromatic rings. The fourth-order valence-corrected chi connectivity index (χ4v) is 3.28. The summed E-state index contributed by atoms with van der Waals surface area (Å²) < 4.78 is 0. The van der Waals surface area contributed by atoms with Gasteiger partial charge < -0.3 is 16.0 Å². The van der Waals surface area contributed by atoms with E-state index in [-0.39, 0.29) is 11.9 Å². The molecule has 1 aliphatic heterocycles. The zero-order valence-electron chi connectivity index (χ0n) is 13.5. The van der Waals surface area contributed by atoms with Crippen molar-refractivity contribution in [2.75, 3.05) is 23.7 Å². The summed E-state index contributed by atoms with van der Waals surface area (Å²) in [4.78, 5) is 14.4. The van der Waals surface area contributed by atoms with E-state index in [9.17, 15) is 4.79 Å². The minimum absolute atomic E-state index is 0.0798. The molecule has 3 N–H and O–H groups in total. The first kappa shape index (κ1) is 16.7. The van der Waals surface area contributed by atoms with E-state index in [2.05, 4.69) is 10.2 Å². The van der Waals surface area contributed by atoms with Crippen molar-refractivity contribution in [2.24, 2.45) is 0 Å². The van der Waals surface area contributed by atoms with Crippen molar-refractivity contribution < 1.29 is 4.79 Å². The molecule has 1 heterocycles. The zero-order valence-corrected chi connectivity index (χ0v) is 14.3. The van der Waals surface area contributed by atoms with Crippen molar-refractivity contribution >= 4 is 28.9 Å². The van der Waals surface area contributed by atoms with Crippen LogP contribution in [0.3, 0.4) is 0 Å². The lowest BCUT2D eigenvalue weighted by Crippen LogP contribution is -2.37. The van der Waals surface area contributed by atoms with E-state index >= 15 is 0 Å². The number of hydrogen-bond acceptors (Lipinski definition) is 3. The Labute approximate surface area is 147 Å². The lowest BCUT2D eigenvalue weighted by Gasteiger charge is -2.19. The minimum Gasteiger partial charge on any atom is -0.399 e. The average Bonchev–Trinajstić information content (AvgIpc) is 3.02. The highest BCUT2D eigenvalue weighted by atomic mass is 35.5. The maximum atomic E-state index is 12.2. The second-order valence-electron chi connectivity index (χ2n) is 6.18. The smallest absolute Gasteiger partial charge is 0.220 e. The summed E-state index contributed by atoms with van der Waals surface area (Å²) in [7, 11) is 0. The first-order valence-electron chi connectivity index (χ1n) is 8.25. The number of nitrogens with two attached hydrogens (primary N) is 1. The van der Waals surface area contributed by atoms with E-state index in [1.54, 1.807) is 0 Å². The van der Waals surface area contributed by atoms with Crippen molar-refractivity contribution in [1.82, 2.24) is 5.32 Å². The van der Waals surface area contributed by atoms with Crippen molar-refractivity contribution in [3.05, 3.63) is 59.1 Å².